The van der Waals surface area contributed by atoms with Crippen molar-refractivity contribution in [2.24, 2.45) is 0 Å². The monoisotopic (exact) mass is 286 g/mol. The molecule has 0 spiro atoms. The van der Waals surface area contributed by atoms with Gasteiger partial charge in [-0.15, -0.1) is 0 Å². The highest BCUT2D eigenvalue weighted by Gasteiger charge is 2.17. The standard InChI is InChI=1S/C16H22N4O/c1-11-15(12-3-5-14(21-2)6-4-12)19-20-16(11)18-13-7-9-17-10-8-13/h3-6,13,17H,7-10H2,1-2H3,(H2,18,19,20). The number of ether oxygens (including phenoxy) is 1. The van der Waals surface area contributed by atoms with Crippen LogP contribution in [-0.2, 0) is 0 Å². The zero-order valence-electron chi connectivity index (χ0n) is 12.6. The first-order valence-electron chi connectivity index (χ1n) is 7.44. The summed E-state index contributed by atoms with van der Waals surface area (Å²) in [7, 11) is 1.68. The van der Waals surface area contributed by atoms with Crippen molar-refractivity contribution in [3.63, 3.8) is 0 Å². The third kappa shape index (κ3) is 3.03. The fourth-order valence-electron chi connectivity index (χ4n) is 2.74. The van der Waals surface area contributed by atoms with Crippen LogP contribution in [0.3, 0.4) is 0 Å². The average molecular weight is 286 g/mol. The third-order valence-corrected chi connectivity index (χ3v) is 4.07. The first kappa shape index (κ1) is 13.9. The Morgan fingerprint density at radius 1 is 1.19 bits per heavy atom. The SMILES string of the molecule is COc1ccc(-c2[nH]nc(NC3CCNCC3)c2C)cc1. The van der Waals surface area contributed by atoms with Crippen LogP contribution >= 0.6 is 0 Å². The second kappa shape index (κ2) is 6.18. The zero-order valence-corrected chi connectivity index (χ0v) is 12.6. The van der Waals surface area contributed by atoms with E-state index in [1.54, 1.807) is 7.11 Å². The second-order valence-electron chi connectivity index (χ2n) is 5.47. The van der Waals surface area contributed by atoms with Gasteiger partial charge < -0.3 is 15.4 Å². The van der Waals surface area contributed by atoms with E-state index in [4.69, 9.17) is 4.74 Å². The molecular weight excluding hydrogens is 264 g/mol. The summed E-state index contributed by atoms with van der Waals surface area (Å²) in [6.45, 7) is 4.26. The summed E-state index contributed by atoms with van der Waals surface area (Å²) in [4.78, 5) is 0. The van der Waals surface area contributed by atoms with E-state index < -0.39 is 0 Å². The van der Waals surface area contributed by atoms with Gasteiger partial charge in [-0.3, -0.25) is 5.10 Å². The van der Waals surface area contributed by atoms with Crippen molar-refractivity contribution in [2.45, 2.75) is 25.8 Å². The predicted molar refractivity (Wildman–Crippen MR) is 84.8 cm³/mol. The van der Waals surface area contributed by atoms with Crippen LogP contribution in [0, 0.1) is 6.92 Å². The molecule has 1 fully saturated rings. The Hall–Kier alpha value is -2.01. The van der Waals surface area contributed by atoms with Crippen molar-refractivity contribution in [2.75, 3.05) is 25.5 Å². The maximum atomic E-state index is 5.20. The molecule has 1 aromatic heterocycles. The van der Waals surface area contributed by atoms with Gasteiger partial charge in [0.2, 0.25) is 0 Å². The molecule has 5 heteroatoms. The van der Waals surface area contributed by atoms with Gasteiger partial charge >= 0.3 is 0 Å². The molecule has 3 rings (SSSR count). The van der Waals surface area contributed by atoms with Crippen LogP contribution in [0.5, 0.6) is 5.75 Å². The van der Waals surface area contributed by atoms with Gasteiger partial charge in [-0.05, 0) is 57.1 Å². The van der Waals surface area contributed by atoms with Crippen LogP contribution in [0.2, 0.25) is 0 Å². The number of H-pyrrole nitrogens is 1. The molecule has 0 radical (unpaired) electrons. The lowest BCUT2D eigenvalue weighted by atomic mass is 10.1. The van der Waals surface area contributed by atoms with E-state index in [9.17, 15) is 0 Å². The van der Waals surface area contributed by atoms with E-state index in [1.165, 1.54) is 5.56 Å². The molecule has 1 aliphatic heterocycles. The molecule has 0 atom stereocenters. The van der Waals surface area contributed by atoms with Crippen LogP contribution in [0.4, 0.5) is 5.82 Å². The van der Waals surface area contributed by atoms with Crippen LogP contribution in [0.25, 0.3) is 11.3 Å². The summed E-state index contributed by atoms with van der Waals surface area (Å²) in [5.41, 5.74) is 3.35. The molecule has 5 nitrogen and oxygen atoms in total. The number of hydrogen-bond donors (Lipinski definition) is 3. The number of piperidine rings is 1. The van der Waals surface area contributed by atoms with Crippen LogP contribution in [-0.4, -0.2) is 36.4 Å². The highest BCUT2D eigenvalue weighted by Crippen LogP contribution is 2.28. The fraction of sp³-hybridized carbons (Fsp3) is 0.438. The largest absolute Gasteiger partial charge is 0.497 e. The highest BCUT2D eigenvalue weighted by atomic mass is 16.5. The van der Waals surface area contributed by atoms with Crippen molar-refractivity contribution >= 4 is 5.82 Å². The number of nitrogens with zero attached hydrogens (tertiary/aromatic N) is 1. The summed E-state index contributed by atoms with van der Waals surface area (Å²) in [5, 5.41) is 14.5. The maximum Gasteiger partial charge on any atom is 0.151 e. The van der Waals surface area contributed by atoms with E-state index >= 15 is 0 Å². The van der Waals surface area contributed by atoms with E-state index in [0.717, 1.165) is 48.8 Å². The third-order valence-electron chi connectivity index (χ3n) is 4.07. The van der Waals surface area contributed by atoms with Gasteiger partial charge in [0.25, 0.3) is 0 Å². The van der Waals surface area contributed by atoms with Crippen LogP contribution in [0.1, 0.15) is 18.4 Å². The summed E-state index contributed by atoms with van der Waals surface area (Å²) < 4.78 is 5.20. The topological polar surface area (TPSA) is 62.0 Å². The average Bonchev–Trinajstić information content (AvgIpc) is 2.89. The van der Waals surface area contributed by atoms with Crippen molar-refractivity contribution < 1.29 is 4.74 Å². The number of nitrogens with one attached hydrogen (secondary N) is 3. The van der Waals surface area contributed by atoms with Crippen LogP contribution in [0.15, 0.2) is 24.3 Å². The fourth-order valence-corrected chi connectivity index (χ4v) is 2.74. The quantitative estimate of drug-likeness (QED) is 0.808. The van der Waals surface area contributed by atoms with E-state index in [0.29, 0.717) is 6.04 Å². The Labute approximate surface area is 125 Å². The van der Waals surface area contributed by atoms with Crippen LogP contribution < -0.4 is 15.4 Å². The second-order valence-corrected chi connectivity index (χ2v) is 5.47. The Kier molecular flexibility index (Phi) is 4.10. The van der Waals surface area contributed by atoms with E-state index in [-0.39, 0.29) is 0 Å². The first-order valence-corrected chi connectivity index (χ1v) is 7.44. The zero-order chi connectivity index (χ0) is 14.7. The molecule has 2 aromatic rings. The van der Waals surface area contributed by atoms with Gasteiger partial charge in [0.05, 0.1) is 12.8 Å². The van der Waals surface area contributed by atoms with Crippen molar-refractivity contribution in [1.82, 2.24) is 15.5 Å². The van der Waals surface area contributed by atoms with Crippen molar-refractivity contribution in [3.8, 4) is 17.0 Å². The molecule has 21 heavy (non-hydrogen) atoms. The molecule has 112 valence electrons. The summed E-state index contributed by atoms with van der Waals surface area (Å²) in [6, 6.07) is 8.55. The van der Waals surface area contributed by atoms with Gasteiger partial charge in [-0.25, -0.2) is 0 Å². The summed E-state index contributed by atoms with van der Waals surface area (Å²) in [5.74, 6) is 1.83. The Balaban J connectivity index is 1.77. The molecule has 3 N–H and O–H groups in total. The number of aromatic nitrogens is 2. The summed E-state index contributed by atoms with van der Waals surface area (Å²) >= 11 is 0. The number of hydrogen-bond acceptors (Lipinski definition) is 4. The van der Waals surface area contributed by atoms with Gasteiger partial charge in [-0.2, -0.15) is 5.10 Å². The van der Waals surface area contributed by atoms with Crippen molar-refractivity contribution in [1.29, 1.82) is 0 Å². The minimum atomic E-state index is 0.511. The number of benzene rings is 1. The number of methoxy groups -OCH3 is 1. The number of rotatable bonds is 4. The normalized spacial score (nSPS) is 15.9. The van der Waals surface area contributed by atoms with Gasteiger partial charge in [0.1, 0.15) is 5.75 Å². The Morgan fingerprint density at radius 2 is 1.90 bits per heavy atom. The first-order chi connectivity index (χ1) is 10.3. The smallest absolute Gasteiger partial charge is 0.151 e. The minimum Gasteiger partial charge on any atom is -0.497 e. The number of anilines is 1. The molecule has 1 aliphatic rings. The molecule has 2 heterocycles. The highest BCUT2D eigenvalue weighted by molar-refractivity contribution is 5.69. The summed E-state index contributed by atoms with van der Waals surface area (Å²) in [6.07, 6.45) is 2.29. The molecule has 0 unspecified atom stereocenters. The molecular formula is C16H22N4O. The lowest BCUT2D eigenvalue weighted by Gasteiger charge is -2.23. The maximum absolute atomic E-state index is 5.20. The molecule has 1 saturated heterocycles. The van der Waals surface area contributed by atoms with E-state index in [1.807, 2.05) is 24.3 Å². The predicted octanol–water partition coefficient (Wildman–Crippen LogP) is 2.56. The Bertz CT molecular complexity index is 585. The molecule has 1 aromatic carbocycles. The Morgan fingerprint density at radius 3 is 2.57 bits per heavy atom. The van der Waals surface area contributed by atoms with Gasteiger partial charge in [0.15, 0.2) is 5.82 Å². The van der Waals surface area contributed by atoms with Gasteiger partial charge in [-0.1, -0.05) is 0 Å². The van der Waals surface area contributed by atoms with Gasteiger partial charge in [0, 0.05) is 17.2 Å². The molecule has 0 amide bonds. The molecule has 0 bridgehead atoms. The van der Waals surface area contributed by atoms with E-state index in [2.05, 4.69) is 27.8 Å². The lowest BCUT2D eigenvalue weighted by molar-refractivity contribution is 0.415. The molecule has 0 saturated carbocycles. The minimum absolute atomic E-state index is 0.511. The number of aromatic amines is 1. The lowest BCUT2D eigenvalue weighted by Crippen LogP contribution is -2.35. The molecule has 0 aliphatic carbocycles. The van der Waals surface area contributed by atoms with Crippen molar-refractivity contribution in [3.05, 3.63) is 29.8 Å².